The summed E-state index contributed by atoms with van der Waals surface area (Å²) in [6.07, 6.45) is 1.76. The van der Waals surface area contributed by atoms with E-state index in [-0.39, 0.29) is 5.82 Å². The van der Waals surface area contributed by atoms with Gasteiger partial charge in [0.25, 0.3) is 0 Å². The van der Waals surface area contributed by atoms with Crippen LogP contribution >= 0.6 is 22.6 Å². The fraction of sp³-hybridized carbons (Fsp3) is 0.0385. The van der Waals surface area contributed by atoms with Crippen molar-refractivity contribution in [3.05, 3.63) is 111 Å². The average Bonchev–Trinajstić information content (AvgIpc) is 2.77. The molecule has 0 aliphatic rings. The lowest BCUT2D eigenvalue weighted by Crippen LogP contribution is -1.98. The van der Waals surface area contributed by atoms with Gasteiger partial charge in [-0.3, -0.25) is 0 Å². The lowest BCUT2D eigenvalue weighted by molar-refractivity contribution is 0.305. The Morgan fingerprint density at radius 1 is 0.967 bits per heavy atom. The third kappa shape index (κ3) is 4.52. The van der Waals surface area contributed by atoms with Crippen LogP contribution in [-0.4, -0.2) is 0 Å². The lowest BCUT2D eigenvalue weighted by Gasteiger charge is -2.11. The molecule has 0 radical (unpaired) electrons. The van der Waals surface area contributed by atoms with Crippen molar-refractivity contribution in [2.45, 2.75) is 6.61 Å². The molecule has 30 heavy (non-hydrogen) atoms. The molecule has 0 amide bonds. The first kappa shape index (κ1) is 20.1. The van der Waals surface area contributed by atoms with E-state index in [0.29, 0.717) is 17.7 Å². The Balaban J connectivity index is 1.55. The summed E-state index contributed by atoms with van der Waals surface area (Å²) in [5.41, 5.74) is 2.96. The highest BCUT2D eigenvalue weighted by Crippen LogP contribution is 2.27. The Hall–Kier alpha value is -3.17. The molecule has 4 aromatic carbocycles. The van der Waals surface area contributed by atoms with Gasteiger partial charge in [0.1, 0.15) is 18.2 Å². The number of hydrogen-bond acceptors (Lipinski definition) is 2. The van der Waals surface area contributed by atoms with Gasteiger partial charge in [0.2, 0.25) is 0 Å². The van der Waals surface area contributed by atoms with Crippen LogP contribution in [0, 0.1) is 20.7 Å². The van der Waals surface area contributed by atoms with E-state index in [1.54, 1.807) is 18.2 Å². The van der Waals surface area contributed by atoms with Gasteiger partial charge in [0, 0.05) is 0 Å². The predicted molar refractivity (Wildman–Crippen MR) is 127 cm³/mol. The maximum atomic E-state index is 13.5. The summed E-state index contributed by atoms with van der Waals surface area (Å²) in [7, 11) is 0. The van der Waals surface area contributed by atoms with Gasteiger partial charge in [0.15, 0.2) is 0 Å². The number of halogens is 2. The van der Waals surface area contributed by atoms with Crippen LogP contribution in [0.2, 0.25) is 0 Å². The number of ether oxygens (including phenoxy) is 1. The number of benzene rings is 4. The standard InChI is InChI=1S/C26H17FINO/c27-23-9-4-7-20(15-23)22(16-29)13-18-11-12-26(25(28)14-18)30-17-21-8-3-6-19-5-1-2-10-24(19)21/h1-15H,17H2/b22-13-. The summed E-state index contributed by atoms with van der Waals surface area (Å²) < 4.78 is 20.5. The molecular weight excluding hydrogens is 488 g/mol. The molecule has 0 aromatic heterocycles. The molecule has 4 aromatic rings. The van der Waals surface area contributed by atoms with E-state index in [0.717, 1.165) is 20.4 Å². The summed E-state index contributed by atoms with van der Waals surface area (Å²) in [6, 6.07) is 28.4. The van der Waals surface area contributed by atoms with Gasteiger partial charge in [-0.2, -0.15) is 5.26 Å². The minimum Gasteiger partial charge on any atom is -0.488 e. The van der Waals surface area contributed by atoms with Crippen molar-refractivity contribution in [2.24, 2.45) is 0 Å². The van der Waals surface area contributed by atoms with Crippen molar-refractivity contribution < 1.29 is 9.13 Å². The molecule has 0 bridgehead atoms. The predicted octanol–water partition coefficient (Wildman–Crippen LogP) is 7.23. The summed E-state index contributed by atoms with van der Waals surface area (Å²) in [5, 5.41) is 11.9. The molecule has 0 heterocycles. The second-order valence-corrected chi connectivity index (χ2v) is 7.96. The highest BCUT2D eigenvalue weighted by molar-refractivity contribution is 14.1. The fourth-order valence-corrected chi connectivity index (χ4v) is 4.00. The second-order valence-electron chi connectivity index (χ2n) is 6.80. The van der Waals surface area contributed by atoms with Crippen LogP contribution in [0.3, 0.4) is 0 Å². The van der Waals surface area contributed by atoms with Crippen molar-refractivity contribution in [3.8, 4) is 11.8 Å². The first-order valence-electron chi connectivity index (χ1n) is 9.41. The van der Waals surface area contributed by atoms with Gasteiger partial charge in [-0.1, -0.05) is 60.7 Å². The fourth-order valence-electron chi connectivity index (χ4n) is 3.30. The molecule has 0 unspecified atom stereocenters. The molecule has 0 saturated carbocycles. The molecule has 0 fully saturated rings. The molecule has 0 spiro atoms. The summed E-state index contributed by atoms with van der Waals surface area (Å²) in [4.78, 5) is 0. The van der Waals surface area contributed by atoms with Crippen molar-refractivity contribution >= 4 is 45.0 Å². The lowest BCUT2D eigenvalue weighted by atomic mass is 10.0. The summed E-state index contributed by atoms with van der Waals surface area (Å²) in [5.74, 6) is 0.422. The van der Waals surface area contributed by atoms with E-state index in [4.69, 9.17) is 4.74 Å². The van der Waals surface area contributed by atoms with E-state index >= 15 is 0 Å². The molecule has 2 nitrogen and oxygen atoms in total. The molecule has 4 heteroatoms. The molecule has 0 aliphatic carbocycles. The van der Waals surface area contributed by atoms with Crippen LogP contribution in [0.4, 0.5) is 4.39 Å². The van der Waals surface area contributed by atoms with Crippen LogP contribution in [0.25, 0.3) is 22.4 Å². The van der Waals surface area contributed by atoms with Crippen LogP contribution in [-0.2, 0) is 6.61 Å². The zero-order chi connectivity index (χ0) is 20.9. The van der Waals surface area contributed by atoms with Crippen molar-refractivity contribution in [2.75, 3.05) is 0 Å². The smallest absolute Gasteiger partial charge is 0.133 e. The largest absolute Gasteiger partial charge is 0.488 e. The van der Waals surface area contributed by atoms with Gasteiger partial charge in [-0.25, -0.2) is 4.39 Å². The third-order valence-corrected chi connectivity index (χ3v) is 5.63. The number of nitriles is 1. The number of rotatable bonds is 5. The van der Waals surface area contributed by atoms with Crippen LogP contribution in [0.15, 0.2) is 84.9 Å². The Bertz CT molecular complexity index is 1280. The first-order chi connectivity index (χ1) is 14.6. The molecule has 0 N–H and O–H groups in total. The van der Waals surface area contributed by atoms with Gasteiger partial charge in [0.05, 0.1) is 15.2 Å². The quantitative estimate of drug-likeness (QED) is 0.163. The molecular formula is C26H17FINO. The van der Waals surface area contributed by atoms with E-state index in [1.807, 2.05) is 36.4 Å². The molecule has 0 aliphatic heterocycles. The maximum Gasteiger partial charge on any atom is 0.133 e. The second kappa shape index (κ2) is 9.10. The van der Waals surface area contributed by atoms with E-state index in [1.165, 1.54) is 22.9 Å². The Morgan fingerprint density at radius 3 is 2.57 bits per heavy atom. The van der Waals surface area contributed by atoms with Crippen LogP contribution in [0.1, 0.15) is 16.7 Å². The third-order valence-electron chi connectivity index (χ3n) is 4.79. The SMILES string of the molecule is N#C/C(=C/c1ccc(OCc2cccc3ccccc23)c(I)c1)c1cccc(F)c1. The highest BCUT2D eigenvalue weighted by Gasteiger charge is 2.07. The maximum absolute atomic E-state index is 13.5. The van der Waals surface area contributed by atoms with E-state index in [2.05, 4.69) is 52.9 Å². The van der Waals surface area contributed by atoms with Crippen molar-refractivity contribution in [3.63, 3.8) is 0 Å². The number of nitrogens with zero attached hydrogens (tertiary/aromatic N) is 1. The molecule has 146 valence electrons. The Kier molecular flexibility index (Phi) is 6.10. The van der Waals surface area contributed by atoms with Crippen LogP contribution in [0.5, 0.6) is 5.75 Å². The highest BCUT2D eigenvalue weighted by atomic mass is 127. The number of hydrogen-bond donors (Lipinski definition) is 0. The average molecular weight is 505 g/mol. The monoisotopic (exact) mass is 505 g/mol. The van der Waals surface area contributed by atoms with E-state index in [9.17, 15) is 9.65 Å². The van der Waals surface area contributed by atoms with Gasteiger partial charge < -0.3 is 4.74 Å². The van der Waals surface area contributed by atoms with Crippen LogP contribution < -0.4 is 4.74 Å². The first-order valence-corrected chi connectivity index (χ1v) is 10.5. The minimum atomic E-state index is -0.361. The summed E-state index contributed by atoms with van der Waals surface area (Å²) >= 11 is 2.23. The number of fused-ring (bicyclic) bond motifs is 1. The van der Waals surface area contributed by atoms with Crippen molar-refractivity contribution in [1.82, 2.24) is 0 Å². The van der Waals surface area contributed by atoms with Gasteiger partial charge in [-0.15, -0.1) is 0 Å². The summed E-state index contributed by atoms with van der Waals surface area (Å²) in [6.45, 7) is 0.472. The minimum absolute atomic E-state index is 0.361. The molecule has 0 atom stereocenters. The van der Waals surface area contributed by atoms with E-state index < -0.39 is 0 Å². The van der Waals surface area contributed by atoms with Gasteiger partial charge in [-0.05, 0) is 80.4 Å². The zero-order valence-electron chi connectivity index (χ0n) is 16.0. The Labute approximate surface area is 188 Å². The van der Waals surface area contributed by atoms with Crippen molar-refractivity contribution in [1.29, 1.82) is 5.26 Å². The number of allylic oxidation sites excluding steroid dienone is 1. The topological polar surface area (TPSA) is 33.0 Å². The Morgan fingerprint density at radius 2 is 1.77 bits per heavy atom. The molecule has 0 saturated heterocycles. The van der Waals surface area contributed by atoms with Gasteiger partial charge >= 0.3 is 0 Å². The zero-order valence-corrected chi connectivity index (χ0v) is 18.1. The normalized spacial score (nSPS) is 11.3. The molecule has 4 rings (SSSR count).